The second kappa shape index (κ2) is 5.81. The fourth-order valence-electron chi connectivity index (χ4n) is 2.87. The van der Waals surface area contributed by atoms with Gasteiger partial charge in [0.2, 0.25) is 0 Å². The number of fused-ring (bicyclic) bond motifs is 1. The third-order valence-corrected chi connectivity index (χ3v) is 5.64. The molecule has 2 aromatic rings. The molecule has 120 valence electrons. The molecule has 0 bridgehead atoms. The lowest BCUT2D eigenvalue weighted by molar-refractivity contribution is 0.601. The van der Waals surface area contributed by atoms with E-state index >= 15 is 0 Å². The topological polar surface area (TPSA) is 58.5 Å². The minimum absolute atomic E-state index is 0.277. The molecule has 23 heavy (non-hydrogen) atoms. The van der Waals surface area contributed by atoms with Crippen LogP contribution in [0.3, 0.4) is 0 Å². The highest BCUT2D eigenvalue weighted by atomic mass is 32.2. The van der Waals surface area contributed by atoms with E-state index in [1.807, 2.05) is 33.1 Å². The Hall–Kier alpha value is -2.14. The zero-order valence-corrected chi connectivity index (χ0v) is 14.4. The molecule has 0 spiro atoms. The molecule has 0 saturated heterocycles. The second-order valence-electron chi connectivity index (χ2n) is 5.96. The van der Waals surface area contributed by atoms with E-state index < -0.39 is 10.0 Å². The number of aryl methyl sites for hydroxylation is 2. The minimum Gasteiger partial charge on any atom is -0.292 e. The highest BCUT2D eigenvalue weighted by molar-refractivity contribution is 7.92. The Balaban J connectivity index is 2.02. The van der Waals surface area contributed by atoms with Crippen LogP contribution in [0.4, 0.5) is 5.69 Å². The SMILES string of the molecule is Cc1ccc(S(=O)(=O)Nc2cc(C)c3c(c2C)CCN=C3)cc1. The molecule has 0 atom stereocenters. The van der Waals surface area contributed by atoms with Gasteiger partial charge in [-0.25, -0.2) is 8.42 Å². The van der Waals surface area contributed by atoms with Gasteiger partial charge in [0.05, 0.1) is 10.6 Å². The maximum atomic E-state index is 12.6. The fourth-order valence-corrected chi connectivity index (χ4v) is 3.98. The monoisotopic (exact) mass is 328 g/mol. The number of nitrogens with one attached hydrogen (secondary N) is 1. The first-order valence-electron chi connectivity index (χ1n) is 7.61. The van der Waals surface area contributed by atoms with E-state index in [-0.39, 0.29) is 4.90 Å². The fraction of sp³-hybridized carbons (Fsp3) is 0.278. The average Bonchev–Trinajstić information content (AvgIpc) is 2.52. The molecule has 0 radical (unpaired) electrons. The number of nitrogens with zero attached hydrogens (tertiary/aromatic N) is 1. The molecule has 0 saturated carbocycles. The third-order valence-electron chi connectivity index (χ3n) is 4.25. The van der Waals surface area contributed by atoms with Crippen LogP contribution in [0.25, 0.3) is 0 Å². The molecule has 2 aromatic carbocycles. The van der Waals surface area contributed by atoms with Gasteiger partial charge in [-0.3, -0.25) is 9.71 Å². The molecule has 3 rings (SSSR count). The summed E-state index contributed by atoms with van der Waals surface area (Å²) in [6.45, 7) is 6.63. The van der Waals surface area contributed by atoms with Crippen molar-refractivity contribution in [1.29, 1.82) is 0 Å². The van der Waals surface area contributed by atoms with E-state index in [4.69, 9.17) is 0 Å². The zero-order valence-electron chi connectivity index (χ0n) is 13.6. The predicted octanol–water partition coefficient (Wildman–Crippen LogP) is 3.39. The van der Waals surface area contributed by atoms with Gasteiger partial charge in [-0.05, 0) is 67.6 Å². The van der Waals surface area contributed by atoms with Crippen molar-refractivity contribution in [2.75, 3.05) is 11.3 Å². The molecule has 1 aliphatic heterocycles. The Morgan fingerprint density at radius 1 is 1.09 bits per heavy atom. The van der Waals surface area contributed by atoms with Crippen LogP contribution >= 0.6 is 0 Å². The maximum absolute atomic E-state index is 12.6. The Labute approximate surface area is 137 Å². The summed E-state index contributed by atoms with van der Waals surface area (Å²) in [6, 6.07) is 8.75. The van der Waals surface area contributed by atoms with Crippen LogP contribution in [0.5, 0.6) is 0 Å². The number of anilines is 1. The number of aliphatic imine (C=N–C) groups is 1. The van der Waals surface area contributed by atoms with Crippen LogP contribution in [0.15, 0.2) is 40.2 Å². The van der Waals surface area contributed by atoms with E-state index in [9.17, 15) is 8.42 Å². The van der Waals surface area contributed by atoms with Crippen molar-refractivity contribution in [2.45, 2.75) is 32.1 Å². The van der Waals surface area contributed by atoms with E-state index in [0.29, 0.717) is 5.69 Å². The molecule has 0 fully saturated rings. The Kier molecular flexibility index (Phi) is 3.98. The van der Waals surface area contributed by atoms with Crippen molar-refractivity contribution >= 4 is 21.9 Å². The van der Waals surface area contributed by atoms with Gasteiger partial charge in [0.25, 0.3) is 10.0 Å². The smallest absolute Gasteiger partial charge is 0.261 e. The van der Waals surface area contributed by atoms with Crippen molar-refractivity contribution in [2.24, 2.45) is 4.99 Å². The number of hydrogen-bond donors (Lipinski definition) is 1. The van der Waals surface area contributed by atoms with Gasteiger partial charge in [0.1, 0.15) is 0 Å². The number of benzene rings is 2. The van der Waals surface area contributed by atoms with Crippen molar-refractivity contribution in [3.63, 3.8) is 0 Å². The summed E-state index contributed by atoms with van der Waals surface area (Å²) < 4.78 is 28.0. The first-order chi connectivity index (χ1) is 10.9. The summed E-state index contributed by atoms with van der Waals surface area (Å²) >= 11 is 0. The van der Waals surface area contributed by atoms with E-state index in [0.717, 1.165) is 35.2 Å². The molecule has 1 N–H and O–H groups in total. The van der Waals surface area contributed by atoms with Crippen molar-refractivity contribution in [1.82, 2.24) is 0 Å². The number of rotatable bonds is 3. The standard InChI is InChI=1S/C18H20N2O2S/c1-12-4-6-15(7-5-12)23(21,22)20-18-10-13(2)17-11-19-9-8-16(17)14(18)3/h4-7,10-11,20H,8-9H2,1-3H3. The molecule has 4 nitrogen and oxygen atoms in total. The summed E-state index contributed by atoms with van der Waals surface area (Å²) in [7, 11) is -3.58. The molecular weight excluding hydrogens is 308 g/mol. The summed E-state index contributed by atoms with van der Waals surface area (Å²) in [5.41, 5.74) is 6.00. The highest BCUT2D eigenvalue weighted by Gasteiger charge is 2.19. The first kappa shape index (κ1) is 15.7. The first-order valence-corrected chi connectivity index (χ1v) is 9.09. The van der Waals surface area contributed by atoms with E-state index in [1.165, 1.54) is 5.56 Å². The van der Waals surface area contributed by atoms with E-state index in [1.54, 1.807) is 24.3 Å². The number of sulfonamides is 1. The normalized spacial score (nSPS) is 13.7. The Morgan fingerprint density at radius 3 is 2.48 bits per heavy atom. The van der Waals surface area contributed by atoms with Gasteiger partial charge >= 0.3 is 0 Å². The molecule has 1 aliphatic rings. The molecule has 0 aromatic heterocycles. The average molecular weight is 328 g/mol. The predicted molar refractivity (Wildman–Crippen MR) is 94.1 cm³/mol. The van der Waals surface area contributed by atoms with Crippen LogP contribution in [-0.4, -0.2) is 21.2 Å². The largest absolute Gasteiger partial charge is 0.292 e. The zero-order chi connectivity index (χ0) is 16.6. The quantitative estimate of drug-likeness (QED) is 0.939. The Bertz CT molecular complexity index is 882. The molecule has 5 heteroatoms. The Morgan fingerprint density at radius 2 is 1.78 bits per heavy atom. The van der Waals surface area contributed by atoms with Gasteiger partial charge in [-0.2, -0.15) is 0 Å². The van der Waals surface area contributed by atoms with Crippen molar-refractivity contribution in [3.05, 3.63) is 58.1 Å². The lowest BCUT2D eigenvalue weighted by Gasteiger charge is -2.20. The molecular formula is C18H20N2O2S. The summed E-state index contributed by atoms with van der Waals surface area (Å²) in [5.74, 6) is 0. The van der Waals surface area contributed by atoms with Gasteiger partial charge in [-0.15, -0.1) is 0 Å². The van der Waals surface area contributed by atoms with Gasteiger partial charge in [0.15, 0.2) is 0 Å². The summed E-state index contributed by atoms with van der Waals surface area (Å²) in [6.07, 6.45) is 2.73. The number of hydrogen-bond acceptors (Lipinski definition) is 3. The lowest BCUT2D eigenvalue weighted by Crippen LogP contribution is -2.16. The summed E-state index contributed by atoms with van der Waals surface area (Å²) in [4.78, 5) is 4.59. The van der Waals surface area contributed by atoms with Crippen LogP contribution < -0.4 is 4.72 Å². The lowest BCUT2D eigenvalue weighted by atomic mass is 9.93. The molecule has 0 amide bonds. The van der Waals surface area contributed by atoms with Crippen LogP contribution in [-0.2, 0) is 16.4 Å². The van der Waals surface area contributed by atoms with Gasteiger partial charge < -0.3 is 0 Å². The van der Waals surface area contributed by atoms with Crippen LogP contribution in [0.2, 0.25) is 0 Å². The highest BCUT2D eigenvalue weighted by Crippen LogP contribution is 2.29. The van der Waals surface area contributed by atoms with E-state index in [2.05, 4.69) is 9.71 Å². The van der Waals surface area contributed by atoms with Crippen LogP contribution in [0.1, 0.15) is 27.8 Å². The minimum atomic E-state index is -3.58. The molecule has 0 unspecified atom stereocenters. The van der Waals surface area contributed by atoms with Gasteiger partial charge in [0, 0.05) is 12.8 Å². The third kappa shape index (κ3) is 3.01. The molecule has 0 aliphatic carbocycles. The van der Waals surface area contributed by atoms with Crippen LogP contribution in [0, 0.1) is 20.8 Å². The van der Waals surface area contributed by atoms with Crippen molar-refractivity contribution < 1.29 is 8.42 Å². The van der Waals surface area contributed by atoms with Gasteiger partial charge in [-0.1, -0.05) is 17.7 Å². The summed E-state index contributed by atoms with van der Waals surface area (Å²) in [5, 5.41) is 0. The second-order valence-corrected chi connectivity index (χ2v) is 7.64. The molecule has 1 heterocycles. The van der Waals surface area contributed by atoms with Crippen molar-refractivity contribution in [3.8, 4) is 0 Å². The maximum Gasteiger partial charge on any atom is 0.261 e.